The van der Waals surface area contributed by atoms with Crippen LogP contribution in [0.3, 0.4) is 0 Å². The molecule has 3 atom stereocenters. The van der Waals surface area contributed by atoms with Crippen molar-refractivity contribution in [1.82, 2.24) is 0 Å². The number of alkyl halides is 1. The van der Waals surface area contributed by atoms with Crippen LogP contribution in [0, 0.1) is 5.92 Å². The Morgan fingerprint density at radius 3 is 2.57 bits per heavy atom. The molecule has 3 unspecified atom stereocenters. The molecule has 0 amide bonds. The van der Waals surface area contributed by atoms with E-state index in [-0.39, 0.29) is 12.0 Å². The number of halogens is 1. The minimum Gasteiger partial charge on any atom is -0.389 e. The SMILES string of the molecule is C=CC(OC)C(O)C(C)C=C(C)CBr. The van der Waals surface area contributed by atoms with Crippen molar-refractivity contribution in [3.05, 3.63) is 24.3 Å². The van der Waals surface area contributed by atoms with Gasteiger partial charge >= 0.3 is 0 Å². The van der Waals surface area contributed by atoms with Gasteiger partial charge in [0.05, 0.1) is 6.10 Å². The average molecular weight is 263 g/mol. The highest BCUT2D eigenvalue weighted by Crippen LogP contribution is 2.14. The molecule has 0 saturated heterocycles. The molecule has 2 nitrogen and oxygen atoms in total. The molecule has 0 aliphatic rings. The van der Waals surface area contributed by atoms with E-state index in [0.29, 0.717) is 0 Å². The minimum absolute atomic E-state index is 0.0653. The van der Waals surface area contributed by atoms with Crippen molar-refractivity contribution < 1.29 is 9.84 Å². The third-order valence-electron chi connectivity index (χ3n) is 2.14. The first-order valence-corrected chi connectivity index (χ1v) is 5.75. The van der Waals surface area contributed by atoms with Crippen LogP contribution < -0.4 is 0 Å². The zero-order valence-electron chi connectivity index (χ0n) is 9.03. The maximum atomic E-state index is 9.87. The van der Waals surface area contributed by atoms with E-state index in [1.54, 1.807) is 13.2 Å². The van der Waals surface area contributed by atoms with E-state index in [1.165, 1.54) is 5.57 Å². The number of aliphatic hydroxyl groups is 1. The van der Waals surface area contributed by atoms with Gasteiger partial charge in [-0.25, -0.2) is 0 Å². The van der Waals surface area contributed by atoms with Crippen molar-refractivity contribution in [3.63, 3.8) is 0 Å². The molecule has 0 heterocycles. The highest BCUT2D eigenvalue weighted by Gasteiger charge is 2.20. The Bertz CT molecular complexity index is 201. The summed E-state index contributed by atoms with van der Waals surface area (Å²) in [6.45, 7) is 7.61. The van der Waals surface area contributed by atoms with Crippen LogP contribution >= 0.6 is 15.9 Å². The fourth-order valence-electron chi connectivity index (χ4n) is 1.27. The second-order valence-corrected chi connectivity index (χ2v) is 3.99. The molecule has 0 aromatic rings. The molecule has 0 rings (SSSR count). The van der Waals surface area contributed by atoms with Crippen molar-refractivity contribution in [2.24, 2.45) is 5.92 Å². The van der Waals surface area contributed by atoms with E-state index in [1.807, 2.05) is 19.9 Å². The van der Waals surface area contributed by atoms with E-state index in [2.05, 4.69) is 22.5 Å². The Labute approximate surface area is 94.8 Å². The molecule has 14 heavy (non-hydrogen) atoms. The Balaban J connectivity index is 4.36. The largest absolute Gasteiger partial charge is 0.389 e. The summed E-state index contributed by atoms with van der Waals surface area (Å²) in [6, 6.07) is 0. The molecule has 0 bridgehead atoms. The van der Waals surface area contributed by atoms with Gasteiger partial charge in [-0.05, 0) is 6.92 Å². The van der Waals surface area contributed by atoms with Gasteiger partial charge in [-0.15, -0.1) is 6.58 Å². The highest BCUT2D eigenvalue weighted by atomic mass is 79.9. The summed E-state index contributed by atoms with van der Waals surface area (Å²) < 4.78 is 5.09. The Morgan fingerprint density at radius 2 is 2.21 bits per heavy atom. The average Bonchev–Trinajstić information content (AvgIpc) is 2.19. The number of aliphatic hydroxyl groups excluding tert-OH is 1. The monoisotopic (exact) mass is 262 g/mol. The normalized spacial score (nSPS) is 18.8. The second kappa shape index (κ2) is 7.21. The molecule has 0 spiro atoms. The lowest BCUT2D eigenvalue weighted by Crippen LogP contribution is -2.31. The van der Waals surface area contributed by atoms with Crippen LogP contribution in [0.4, 0.5) is 0 Å². The van der Waals surface area contributed by atoms with E-state index in [4.69, 9.17) is 4.74 Å². The van der Waals surface area contributed by atoms with Gasteiger partial charge in [0.15, 0.2) is 0 Å². The van der Waals surface area contributed by atoms with Gasteiger partial charge < -0.3 is 9.84 Å². The van der Waals surface area contributed by atoms with Crippen LogP contribution in [0.25, 0.3) is 0 Å². The lowest BCUT2D eigenvalue weighted by molar-refractivity contribution is -0.00151. The molecule has 0 fully saturated rings. The molecule has 82 valence electrons. The first kappa shape index (κ1) is 13.9. The van der Waals surface area contributed by atoms with Gasteiger partial charge in [0.2, 0.25) is 0 Å². The minimum atomic E-state index is -0.536. The Hall–Kier alpha value is -0.120. The van der Waals surface area contributed by atoms with Crippen molar-refractivity contribution in [3.8, 4) is 0 Å². The number of ether oxygens (including phenoxy) is 1. The molecule has 0 saturated carbocycles. The van der Waals surface area contributed by atoms with Gasteiger partial charge in [-0.1, -0.05) is 40.6 Å². The van der Waals surface area contributed by atoms with E-state index >= 15 is 0 Å². The molecule has 1 N–H and O–H groups in total. The summed E-state index contributed by atoms with van der Waals surface area (Å²) in [7, 11) is 1.57. The molecular weight excluding hydrogens is 244 g/mol. The topological polar surface area (TPSA) is 29.5 Å². The summed E-state index contributed by atoms with van der Waals surface area (Å²) in [5.41, 5.74) is 1.20. The molecule has 0 radical (unpaired) electrons. The standard InChI is InChI=1S/C11H19BrO2/c1-5-10(14-4)11(13)9(3)6-8(2)7-12/h5-6,9-11,13H,1,7H2,2-4H3. The maximum Gasteiger partial charge on any atom is 0.101 e. The summed E-state index contributed by atoms with van der Waals surface area (Å²) in [6.07, 6.45) is 2.82. The first-order valence-electron chi connectivity index (χ1n) is 4.63. The van der Waals surface area contributed by atoms with Gasteiger partial charge in [-0.3, -0.25) is 0 Å². The molecule has 0 aromatic heterocycles. The van der Waals surface area contributed by atoms with E-state index < -0.39 is 6.10 Å². The third-order valence-corrected chi connectivity index (χ3v) is 3.02. The third kappa shape index (κ3) is 4.40. The second-order valence-electron chi connectivity index (χ2n) is 3.43. The van der Waals surface area contributed by atoms with Crippen molar-refractivity contribution in [2.75, 3.05) is 12.4 Å². The Kier molecular flexibility index (Phi) is 7.15. The highest BCUT2D eigenvalue weighted by molar-refractivity contribution is 9.09. The van der Waals surface area contributed by atoms with Crippen LogP contribution in [0.2, 0.25) is 0 Å². The fraction of sp³-hybridized carbons (Fsp3) is 0.636. The van der Waals surface area contributed by atoms with Crippen molar-refractivity contribution in [2.45, 2.75) is 26.1 Å². The van der Waals surface area contributed by atoms with E-state index in [9.17, 15) is 5.11 Å². The zero-order valence-corrected chi connectivity index (χ0v) is 10.6. The molecule has 0 aliphatic heterocycles. The lowest BCUT2D eigenvalue weighted by Gasteiger charge is -2.22. The van der Waals surface area contributed by atoms with Crippen LogP contribution in [0.1, 0.15) is 13.8 Å². The van der Waals surface area contributed by atoms with Crippen LogP contribution in [-0.2, 0) is 4.74 Å². The number of hydrogen-bond acceptors (Lipinski definition) is 2. The number of methoxy groups -OCH3 is 1. The van der Waals surface area contributed by atoms with Gasteiger partial charge in [0.1, 0.15) is 6.10 Å². The fourth-order valence-corrected chi connectivity index (χ4v) is 1.45. The van der Waals surface area contributed by atoms with Crippen LogP contribution in [-0.4, -0.2) is 29.8 Å². The lowest BCUT2D eigenvalue weighted by atomic mass is 9.97. The quantitative estimate of drug-likeness (QED) is 0.589. The van der Waals surface area contributed by atoms with Gasteiger partial charge in [0, 0.05) is 18.4 Å². The van der Waals surface area contributed by atoms with Crippen LogP contribution in [0.5, 0.6) is 0 Å². The van der Waals surface area contributed by atoms with Crippen molar-refractivity contribution >= 4 is 15.9 Å². The summed E-state index contributed by atoms with van der Waals surface area (Å²) >= 11 is 3.36. The van der Waals surface area contributed by atoms with Crippen molar-refractivity contribution in [1.29, 1.82) is 0 Å². The summed E-state index contributed by atoms with van der Waals surface area (Å²) in [5, 5.41) is 10.7. The van der Waals surface area contributed by atoms with Gasteiger partial charge in [0.25, 0.3) is 0 Å². The smallest absolute Gasteiger partial charge is 0.101 e. The van der Waals surface area contributed by atoms with E-state index in [0.717, 1.165) is 5.33 Å². The molecule has 0 aliphatic carbocycles. The number of allylic oxidation sites excluding steroid dienone is 1. The molecular formula is C11H19BrO2. The summed E-state index contributed by atoms with van der Waals surface area (Å²) in [5.74, 6) is 0.0653. The molecule has 3 heteroatoms. The predicted octanol–water partition coefficient (Wildman–Crippen LogP) is 2.53. The van der Waals surface area contributed by atoms with Crippen LogP contribution in [0.15, 0.2) is 24.3 Å². The van der Waals surface area contributed by atoms with Gasteiger partial charge in [-0.2, -0.15) is 0 Å². The number of rotatable bonds is 6. The Morgan fingerprint density at radius 1 is 1.64 bits per heavy atom. The zero-order chi connectivity index (χ0) is 11.1. The maximum absolute atomic E-state index is 9.87. The summed E-state index contributed by atoms with van der Waals surface area (Å²) in [4.78, 5) is 0. The predicted molar refractivity (Wildman–Crippen MR) is 63.7 cm³/mol. The first-order chi connectivity index (χ1) is 6.56. The molecule has 0 aromatic carbocycles. The number of hydrogen-bond donors (Lipinski definition) is 1.